The smallest absolute Gasteiger partial charge is 0.259 e. The molecule has 0 aromatic heterocycles. The van der Waals surface area contributed by atoms with Gasteiger partial charge in [-0.1, -0.05) is 0 Å². The van der Waals surface area contributed by atoms with Gasteiger partial charge in [-0.3, -0.25) is 9.80 Å². The highest BCUT2D eigenvalue weighted by molar-refractivity contribution is 5.83. The van der Waals surface area contributed by atoms with E-state index in [0.717, 1.165) is 5.70 Å². The molecular formula is C7H11N5O. The summed E-state index contributed by atoms with van der Waals surface area (Å²) in [5.41, 5.74) is 6.29. The molecule has 6 N–H and O–H groups in total. The number of hydrazine groups is 1. The van der Waals surface area contributed by atoms with Gasteiger partial charge in [0.15, 0.2) is 12.3 Å². The van der Waals surface area contributed by atoms with Gasteiger partial charge in [0.1, 0.15) is 0 Å². The number of piperazine rings is 1. The number of fused-ring (bicyclic) bond motifs is 1. The van der Waals surface area contributed by atoms with Crippen LogP contribution in [0, 0.1) is 0 Å². The van der Waals surface area contributed by atoms with Gasteiger partial charge < -0.3 is 16.4 Å². The van der Waals surface area contributed by atoms with Crippen LogP contribution in [0.4, 0.5) is 0 Å². The maximum Gasteiger partial charge on any atom is 0.259 e. The lowest BCUT2D eigenvalue weighted by Crippen LogP contribution is -2.65. The molecule has 0 saturated carbocycles. The van der Waals surface area contributed by atoms with E-state index in [0.29, 0.717) is 0 Å². The van der Waals surface area contributed by atoms with Crippen molar-refractivity contribution in [2.45, 2.75) is 12.3 Å². The quantitative estimate of drug-likeness (QED) is 0.321. The molecule has 0 spiro atoms. The molecule has 2 atom stereocenters. The highest BCUT2D eigenvalue weighted by atomic mass is 16.2. The molecule has 0 bridgehead atoms. The topological polar surface area (TPSA) is 96.4 Å². The van der Waals surface area contributed by atoms with Gasteiger partial charge in [0.05, 0.1) is 5.70 Å². The van der Waals surface area contributed by atoms with Crippen molar-refractivity contribution in [1.82, 2.24) is 15.6 Å². The molecule has 6 nitrogen and oxygen atoms in total. The molecule has 1 fully saturated rings. The van der Waals surface area contributed by atoms with Crippen LogP contribution in [0.3, 0.4) is 0 Å². The zero-order valence-corrected chi connectivity index (χ0v) is 6.90. The zero-order valence-electron chi connectivity index (χ0n) is 6.90. The highest BCUT2D eigenvalue weighted by Gasteiger charge is 2.31. The first-order valence-electron chi connectivity index (χ1n) is 3.92. The summed E-state index contributed by atoms with van der Waals surface area (Å²) in [7, 11) is 0. The summed E-state index contributed by atoms with van der Waals surface area (Å²) in [6.07, 6.45) is 4.27. The van der Waals surface area contributed by atoms with Gasteiger partial charge in [0.2, 0.25) is 0 Å². The molecule has 13 heavy (non-hydrogen) atoms. The Morgan fingerprint density at radius 3 is 3.00 bits per heavy atom. The van der Waals surface area contributed by atoms with Crippen LogP contribution in [0.25, 0.3) is 0 Å². The van der Waals surface area contributed by atoms with E-state index in [-0.39, 0.29) is 12.1 Å². The molecule has 1 amide bonds. The highest BCUT2D eigenvalue weighted by Crippen LogP contribution is 2.11. The first-order valence-corrected chi connectivity index (χ1v) is 3.92. The summed E-state index contributed by atoms with van der Waals surface area (Å²) in [5.74, 6) is 5.35. The first-order chi connectivity index (χ1) is 6.18. The Bertz CT molecular complexity index is 297. The Hall–Kier alpha value is -1.53. The average molecular weight is 181 g/mol. The summed E-state index contributed by atoms with van der Waals surface area (Å²) in [4.78, 5) is 11.2. The Labute approximate surface area is 75.2 Å². The fraction of sp³-hybridized carbons (Fsp3) is 0.286. The molecule has 2 aliphatic heterocycles. The molecule has 0 aromatic carbocycles. The van der Waals surface area contributed by atoms with Crippen molar-refractivity contribution in [2.75, 3.05) is 0 Å². The molecule has 0 radical (unpaired) electrons. The van der Waals surface area contributed by atoms with Gasteiger partial charge in [-0.05, 0) is 12.2 Å². The molecule has 70 valence electrons. The fourth-order valence-corrected chi connectivity index (χ4v) is 1.33. The van der Waals surface area contributed by atoms with Crippen molar-refractivity contribution in [3.8, 4) is 0 Å². The number of carbonyl (C=O) groups is 1. The zero-order chi connectivity index (χ0) is 9.42. The van der Waals surface area contributed by atoms with Gasteiger partial charge in [-0.15, -0.1) is 0 Å². The molecule has 0 aliphatic carbocycles. The van der Waals surface area contributed by atoms with Crippen LogP contribution in [0.2, 0.25) is 0 Å². The normalized spacial score (nSPS) is 31.7. The molecule has 2 aliphatic rings. The second-order valence-corrected chi connectivity index (χ2v) is 2.94. The summed E-state index contributed by atoms with van der Waals surface area (Å²) in [5, 5.41) is 6.93. The summed E-state index contributed by atoms with van der Waals surface area (Å²) >= 11 is 0. The lowest BCUT2D eigenvalue weighted by molar-refractivity contribution is -0.125. The minimum Gasteiger partial charge on any atom is -0.362 e. The second-order valence-electron chi connectivity index (χ2n) is 2.94. The molecule has 2 rings (SSSR count). The fourth-order valence-electron chi connectivity index (χ4n) is 1.33. The van der Waals surface area contributed by atoms with Crippen molar-refractivity contribution in [3.63, 3.8) is 0 Å². The van der Waals surface area contributed by atoms with Crippen LogP contribution in [-0.4, -0.2) is 23.2 Å². The van der Waals surface area contributed by atoms with E-state index < -0.39 is 6.17 Å². The number of hydrogen-bond donors (Lipinski definition) is 4. The number of allylic oxidation sites excluding steroid dienone is 2. The van der Waals surface area contributed by atoms with E-state index in [4.69, 9.17) is 11.6 Å². The van der Waals surface area contributed by atoms with E-state index in [1.54, 1.807) is 12.3 Å². The molecule has 6 heteroatoms. The third kappa shape index (κ3) is 1.25. The minimum atomic E-state index is -0.692. The minimum absolute atomic E-state index is 0.257. The largest absolute Gasteiger partial charge is 0.362 e. The predicted octanol–water partition coefficient (Wildman–Crippen LogP) is -2.10. The van der Waals surface area contributed by atoms with E-state index in [1.165, 1.54) is 5.01 Å². The summed E-state index contributed by atoms with van der Waals surface area (Å²) in [6.45, 7) is 0. The number of carbonyl (C=O) groups excluding carboxylic acids is 1. The van der Waals surface area contributed by atoms with Gasteiger partial charge >= 0.3 is 0 Å². The average Bonchev–Trinajstić information content (AvgIpc) is 2.09. The number of rotatable bonds is 0. The van der Waals surface area contributed by atoms with E-state index >= 15 is 0 Å². The number of nitrogens with one attached hydrogen (secondary N) is 2. The van der Waals surface area contributed by atoms with Crippen LogP contribution >= 0.6 is 0 Å². The molecule has 0 aromatic rings. The van der Waals surface area contributed by atoms with Gasteiger partial charge in [0, 0.05) is 6.20 Å². The number of hydrogen-bond acceptors (Lipinski definition) is 5. The molecular weight excluding hydrogens is 170 g/mol. The maximum atomic E-state index is 11.2. The van der Waals surface area contributed by atoms with E-state index in [1.807, 2.05) is 6.08 Å². The molecule has 2 heterocycles. The standard InChI is InChI=1S/C7H11N5O/c8-5-7(13)11-6-4(10-5)2-1-3-12(6)9/h1-3,5-6,10H,8-9H2,(H,11,13). The molecule has 1 saturated heterocycles. The van der Waals surface area contributed by atoms with Crippen LogP contribution in [0.1, 0.15) is 0 Å². The number of amides is 1. The second kappa shape index (κ2) is 2.75. The Morgan fingerprint density at radius 2 is 2.23 bits per heavy atom. The lowest BCUT2D eigenvalue weighted by atomic mass is 10.2. The third-order valence-electron chi connectivity index (χ3n) is 2.01. The van der Waals surface area contributed by atoms with Crippen molar-refractivity contribution < 1.29 is 4.79 Å². The molecule has 2 unspecified atom stereocenters. The number of nitrogens with two attached hydrogens (primary N) is 2. The van der Waals surface area contributed by atoms with E-state index in [2.05, 4.69) is 10.6 Å². The van der Waals surface area contributed by atoms with Crippen LogP contribution < -0.4 is 22.2 Å². The lowest BCUT2D eigenvalue weighted by Gasteiger charge is -2.37. The maximum absolute atomic E-state index is 11.2. The van der Waals surface area contributed by atoms with Gasteiger partial charge in [0.25, 0.3) is 5.91 Å². The van der Waals surface area contributed by atoms with Crippen LogP contribution in [-0.2, 0) is 4.79 Å². The predicted molar refractivity (Wildman–Crippen MR) is 46.3 cm³/mol. The van der Waals surface area contributed by atoms with Crippen molar-refractivity contribution in [1.29, 1.82) is 0 Å². The Kier molecular flexibility index (Phi) is 1.71. The van der Waals surface area contributed by atoms with Crippen LogP contribution in [0.5, 0.6) is 0 Å². The van der Waals surface area contributed by atoms with Gasteiger partial charge in [-0.25, -0.2) is 5.84 Å². The summed E-state index contributed by atoms with van der Waals surface area (Å²) in [6, 6.07) is 0. The van der Waals surface area contributed by atoms with Gasteiger partial charge in [-0.2, -0.15) is 0 Å². The SMILES string of the molecule is NC1NC2=CC=CN(N)C2NC1=O. The van der Waals surface area contributed by atoms with Crippen molar-refractivity contribution >= 4 is 5.91 Å². The van der Waals surface area contributed by atoms with Crippen molar-refractivity contribution in [3.05, 3.63) is 24.0 Å². The Balaban J connectivity index is 2.23. The third-order valence-corrected chi connectivity index (χ3v) is 2.01. The van der Waals surface area contributed by atoms with Crippen molar-refractivity contribution in [2.24, 2.45) is 11.6 Å². The van der Waals surface area contributed by atoms with Crippen LogP contribution in [0.15, 0.2) is 24.0 Å². The summed E-state index contributed by atoms with van der Waals surface area (Å²) < 4.78 is 0. The monoisotopic (exact) mass is 181 g/mol. The Morgan fingerprint density at radius 1 is 1.46 bits per heavy atom. The first kappa shape index (κ1) is 8.09. The number of nitrogens with zero attached hydrogens (tertiary/aromatic N) is 1. The van der Waals surface area contributed by atoms with E-state index in [9.17, 15) is 4.79 Å².